The van der Waals surface area contributed by atoms with Gasteiger partial charge in [0, 0.05) is 0 Å². The van der Waals surface area contributed by atoms with Gasteiger partial charge in [0.05, 0.1) is 0 Å². The Balaban J connectivity index is 2.69. The Morgan fingerprint density at radius 1 is 1.24 bits per heavy atom. The molecule has 0 unspecified atom stereocenters. The van der Waals surface area contributed by atoms with Crippen LogP contribution in [0.25, 0.3) is 6.08 Å². The van der Waals surface area contributed by atoms with Crippen molar-refractivity contribution in [2.75, 3.05) is 0 Å². The molecule has 1 nitrogen and oxygen atoms in total. The van der Waals surface area contributed by atoms with Crippen LogP contribution in [0.5, 0.6) is 0 Å². The van der Waals surface area contributed by atoms with E-state index in [2.05, 4.69) is 6.92 Å². The Bertz CT molecular complexity index is 402. The molecule has 1 rings (SSSR count). The molecule has 0 amide bonds. The highest BCUT2D eigenvalue weighted by molar-refractivity contribution is 5.97. The van der Waals surface area contributed by atoms with Gasteiger partial charge in [-0.3, -0.25) is 4.79 Å². The van der Waals surface area contributed by atoms with Crippen LogP contribution >= 0.6 is 0 Å². The molecule has 0 atom stereocenters. The number of hydrogen-bond acceptors (Lipinski definition) is 1. The van der Waals surface area contributed by atoms with Crippen molar-refractivity contribution in [1.82, 2.24) is 0 Å². The van der Waals surface area contributed by atoms with E-state index in [4.69, 9.17) is 0 Å². The number of benzene rings is 1. The summed E-state index contributed by atoms with van der Waals surface area (Å²) in [6.07, 6.45) is -1.12. The van der Waals surface area contributed by atoms with Crippen molar-refractivity contribution in [3.63, 3.8) is 0 Å². The Morgan fingerprint density at radius 2 is 1.82 bits per heavy atom. The van der Waals surface area contributed by atoms with E-state index in [1.54, 1.807) is 12.1 Å². The minimum Gasteiger partial charge on any atom is -0.285 e. The summed E-state index contributed by atoms with van der Waals surface area (Å²) in [5.74, 6) is -1.84. The molecule has 0 aliphatic carbocycles. The van der Waals surface area contributed by atoms with Crippen LogP contribution in [0, 0.1) is 0 Å². The molecular weight excluding hydrogens is 229 g/mol. The lowest BCUT2D eigenvalue weighted by atomic mass is 10.1. The van der Waals surface area contributed by atoms with Gasteiger partial charge in [0.1, 0.15) is 0 Å². The van der Waals surface area contributed by atoms with E-state index in [-0.39, 0.29) is 0 Å². The second-order valence-electron chi connectivity index (χ2n) is 3.69. The Kier molecular flexibility index (Phi) is 4.49. The molecule has 0 heterocycles. The zero-order valence-corrected chi connectivity index (χ0v) is 9.42. The summed E-state index contributed by atoms with van der Waals surface area (Å²) >= 11 is 0. The molecule has 1 aromatic rings. The van der Waals surface area contributed by atoms with Crippen molar-refractivity contribution < 1.29 is 18.0 Å². The number of hydrogen-bond donors (Lipinski definition) is 0. The number of aryl methyl sites for hydroxylation is 1. The molecule has 92 valence electrons. The van der Waals surface area contributed by atoms with E-state index >= 15 is 0 Å². The molecule has 1 aromatic carbocycles. The van der Waals surface area contributed by atoms with Crippen molar-refractivity contribution in [2.45, 2.75) is 25.9 Å². The highest BCUT2D eigenvalue weighted by atomic mass is 19.4. The molecule has 0 spiro atoms. The standard InChI is InChI=1S/C13H13F3O/c1-2-3-10-4-6-11(7-5-10)8-9-12(17)13(14,15)16/h4-9H,2-3H2,1H3/b9-8+. The van der Waals surface area contributed by atoms with Crippen LogP contribution in [0.1, 0.15) is 24.5 Å². The maximum absolute atomic E-state index is 11.9. The lowest BCUT2D eigenvalue weighted by Crippen LogP contribution is -2.19. The average Bonchev–Trinajstić information content (AvgIpc) is 2.27. The van der Waals surface area contributed by atoms with Crippen LogP contribution in [0.2, 0.25) is 0 Å². The van der Waals surface area contributed by atoms with Gasteiger partial charge in [0.25, 0.3) is 5.78 Å². The minimum absolute atomic E-state index is 0.550. The third-order valence-electron chi connectivity index (χ3n) is 2.22. The molecule has 0 saturated carbocycles. The van der Waals surface area contributed by atoms with E-state index in [1.807, 2.05) is 12.1 Å². The fraction of sp³-hybridized carbons (Fsp3) is 0.308. The molecule has 0 aromatic heterocycles. The van der Waals surface area contributed by atoms with Gasteiger partial charge in [-0.1, -0.05) is 43.7 Å². The molecular formula is C13H13F3O. The van der Waals surface area contributed by atoms with Gasteiger partial charge in [0.15, 0.2) is 0 Å². The van der Waals surface area contributed by atoms with Crippen LogP contribution in [0.4, 0.5) is 13.2 Å². The molecule has 0 fully saturated rings. The number of halogens is 3. The van der Waals surface area contributed by atoms with Gasteiger partial charge >= 0.3 is 6.18 Å². The van der Waals surface area contributed by atoms with Crippen molar-refractivity contribution >= 4 is 11.9 Å². The molecule has 0 N–H and O–H groups in total. The summed E-state index contributed by atoms with van der Waals surface area (Å²) in [4.78, 5) is 10.6. The Labute approximate surface area is 98.0 Å². The summed E-state index contributed by atoms with van der Waals surface area (Å²) in [5, 5.41) is 0. The zero-order valence-electron chi connectivity index (χ0n) is 9.42. The van der Waals surface area contributed by atoms with Crippen LogP contribution < -0.4 is 0 Å². The first-order valence-corrected chi connectivity index (χ1v) is 5.31. The van der Waals surface area contributed by atoms with E-state index in [1.165, 1.54) is 6.08 Å². The Morgan fingerprint density at radius 3 is 2.29 bits per heavy atom. The first-order valence-electron chi connectivity index (χ1n) is 5.31. The van der Waals surface area contributed by atoms with E-state index in [0.29, 0.717) is 11.6 Å². The quantitative estimate of drug-likeness (QED) is 0.734. The number of ketones is 1. The molecule has 0 aliphatic heterocycles. The van der Waals surface area contributed by atoms with Crippen molar-refractivity contribution in [1.29, 1.82) is 0 Å². The van der Waals surface area contributed by atoms with Crippen LogP contribution in [0.3, 0.4) is 0 Å². The summed E-state index contributed by atoms with van der Waals surface area (Å²) in [5.41, 5.74) is 1.72. The number of alkyl halides is 3. The van der Waals surface area contributed by atoms with Crippen LogP contribution in [-0.4, -0.2) is 12.0 Å². The summed E-state index contributed by atoms with van der Waals surface area (Å²) < 4.78 is 35.7. The Hall–Kier alpha value is -1.58. The summed E-state index contributed by atoms with van der Waals surface area (Å²) in [6.45, 7) is 2.05. The highest BCUT2D eigenvalue weighted by Crippen LogP contribution is 2.17. The predicted molar refractivity (Wildman–Crippen MR) is 60.5 cm³/mol. The molecule has 0 bridgehead atoms. The maximum Gasteiger partial charge on any atom is 0.454 e. The van der Waals surface area contributed by atoms with Crippen LogP contribution in [0.15, 0.2) is 30.3 Å². The lowest BCUT2D eigenvalue weighted by Gasteiger charge is -2.00. The van der Waals surface area contributed by atoms with Gasteiger partial charge < -0.3 is 0 Å². The number of carbonyl (C=O) groups is 1. The van der Waals surface area contributed by atoms with Crippen molar-refractivity contribution in [3.05, 3.63) is 41.5 Å². The van der Waals surface area contributed by atoms with Crippen LogP contribution in [-0.2, 0) is 11.2 Å². The first kappa shape index (κ1) is 13.5. The summed E-state index contributed by atoms with van der Waals surface area (Å²) in [6, 6.07) is 7.10. The molecule has 0 radical (unpaired) electrons. The predicted octanol–water partition coefficient (Wildman–Crippen LogP) is 3.78. The maximum atomic E-state index is 11.9. The normalized spacial score (nSPS) is 12.0. The molecule has 4 heteroatoms. The second kappa shape index (κ2) is 5.66. The zero-order chi connectivity index (χ0) is 12.9. The van der Waals surface area contributed by atoms with Crippen molar-refractivity contribution in [2.24, 2.45) is 0 Å². The second-order valence-corrected chi connectivity index (χ2v) is 3.69. The molecule has 0 saturated heterocycles. The third-order valence-corrected chi connectivity index (χ3v) is 2.22. The van der Waals surface area contributed by atoms with Gasteiger partial charge in [0.2, 0.25) is 0 Å². The SMILES string of the molecule is CCCc1ccc(/C=C/C(=O)C(F)(F)F)cc1. The summed E-state index contributed by atoms with van der Waals surface area (Å²) in [7, 11) is 0. The van der Waals surface area contributed by atoms with Gasteiger partial charge in [-0.25, -0.2) is 0 Å². The van der Waals surface area contributed by atoms with Gasteiger partial charge in [-0.2, -0.15) is 13.2 Å². The van der Waals surface area contributed by atoms with E-state index in [9.17, 15) is 18.0 Å². The topological polar surface area (TPSA) is 17.1 Å². The lowest BCUT2D eigenvalue weighted by molar-refractivity contribution is -0.165. The van der Waals surface area contributed by atoms with E-state index in [0.717, 1.165) is 18.4 Å². The number of rotatable bonds is 4. The fourth-order valence-electron chi connectivity index (χ4n) is 1.35. The van der Waals surface area contributed by atoms with Gasteiger partial charge in [-0.05, 0) is 23.6 Å². The number of carbonyl (C=O) groups excluding carboxylic acids is 1. The molecule has 17 heavy (non-hydrogen) atoms. The largest absolute Gasteiger partial charge is 0.454 e. The van der Waals surface area contributed by atoms with Gasteiger partial charge in [-0.15, -0.1) is 0 Å². The molecule has 0 aliphatic rings. The van der Waals surface area contributed by atoms with Crippen molar-refractivity contribution in [3.8, 4) is 0 Å². The third kappa shape index (κ3) is 4.43. The monoisotopic (exact) mass is 242 g/mol. The van der Waals surface area contributed by atoms with E-state index < -0.39 is 12.0 Å². The number of allylic oxidation sites excluding steroid dienone is 1. The smallest absolute Gasteiger partial charge is 0.285 e. The fourth-order valence-corrected chi connectivity index (χ4v) is 1.35. The first-order chi connectivity index (χ1) is 7.93. The average molecular weight is 242 g/mol. The highest BCUT2D eigenvalue weighted by Gasteiger charge is 2.35. The minimum atomic E-state index is -4.79.